The highest BCUT2D eigenvalue weighted by Crippen LogP contribution is 2.34. The Labute approximate surface area is 183 Å². The van der Waals surface area contributed by atoms with Gasteiger partial charge in [-0.25, -0.2) is 4.79 Å². The van der Waals surface area contributed by atoms with Gasteiger partial charge in [-0.15, -0.1) is 0 Å². The normalized spacial score (nSPS) is 18.2. The zero-order valence-corrected chi connectivity index (χ0v) is 17.4. The number of rotatable bonds is 6. The molecule has 32 heavy (non-hydrogen) atoms. The van der Waals surface area contributed by atoms with Crippen molar-refractivity contribution in [3.63, 3.8) is 0 Å². The Bertz CT molecular complexity index is 1220. The quantitative estimate of drug-likeness (QED) is 0.515. The summed E-state index contributed by atoms with van der Waals surface area (Å²) in [4.78, 5) is 41.9. The maximum atomic E-state index is 12.8. The first-order chi connectivity index (χ1) is 15.5. The van der Waals surface area contributed by atoms with Crippen LogP contribution in [0.4, 0.5) is 4.79 Å². The highest BCUT2D eigenvalue weighted by molar-refractivity contribution is 6.06. The maximum Gasteiger partial charge on any atom is 0.325 e. The van der Waals surface area contributed by atoms with Crippen LogP contribution in [0.25, 0.3) is 10.9 Å². The van der Waals surface area contributed by atoms with Gasteiger partial charge in [0.1, 0.15) is 12.6 Å². The van der Waals surface area contributed by atoms with E-state index in [0.717, 1.165) is 26.9 Å². The van der Waals surface area contributed by atoms with Crippen LogP contribution in [-0.4, -0.2) is 47.1 Å². The fraction of sp³-hybridized carbons (Fsp3) is 0.261. The number of carbonyl (C=O) groups excluding carboxylic acids is 3. The standard InChI is InChI=1S/C23H22N4O5/c1-13(14-6-7-19-20(9-14)32-12-31-19)25-21(28)11-27-22(29)18(26-23(27)30)8-15-10-24-17-5-3-2-4-16(15)17/h2-7,9-10,13,18,24H,8,11-12H2,1H3,(H,25,28)(H,26,30). The van der Waals surface area contributed by atoms with E-state index in [1.807, 2.05) is 43.5 Å². The molecule has 9 heteroatoms. The number of aromatic nitrogens is 1. The van der Waals surface area contributed by atoms with Crippen LogP contribution < -0.4 is 20.1 Å². The lowest BCUT2D eigenvalue weighted by Crippen LogP contribution is -2.42. The van der Waals surface area contributed by atoms with E-state index in [4.69, 9.17) is 9.47 Å². The molecule has 9 nitrogen and oxygen atoms in total. The lowest BCUT2D eigenvalue weighted by Gasteiger charge is -2.17. The molecule has 2 aliphatic rings. The number of hydrogen-bond donors (Lipinski definition) is 3. The molecule has 1 fully saturated rings. The molecule has 4 amide bonds. The molecular formula is C23H22N4O5. The second-order valence-electron chi connectivity index (χ2n) is 7.89. The van der Waals surface area contributed by atoms with Crippen molar-refractivity contribution < 1.29 is 23.9 Å². The summed E-state index contributed by atoms with van der Waals surface area (Å²) in [7, 11) is 0. The van der Waals surface area contributed by atoms with Crippen molar-refractivity contribution in [3.8, 4) is 11.5 Å². The summed E-state index contributed by atoms with van der Waals surface area (Å²) in [5.41, 5.74) is 2.73. The predicted molar refractivity (Wildman–Crippen MR) is 115 cm³/mol. The molecule has 0 spiro atoms. The first kappa shape index (κ1) is 19.9. The first-order valence-corrected chi connectivity index (χ1v) is 10.4. The van der Waals surface area contributed by atoms with Crippen molar-refractivity contribution in [3.05, 3.63) is 59.8 Å². The number of benzene rings is 2. The number of nitrogens with one attached hydrogen (secondary N) is 3. The van der Waals surface area contributed by atoms with Crippen LogP contribution in [0.5, 0.6) is 11.5 Å². The zero-order chi connectivity index (χ0) is 22.2. The summed E-state index contributed by atoms with van der Waals surface area (Å²) in [5, 5.41) is 6.52. The minimum absolute atomic E-state index is 0.172. The molecule has 3 aromatic rings. The number of H-pyrrole nitrogens is 1. The lowest BCUT2D eigenvalue weighted by atomic mass is 10.1. The Balaban J connectivity index is 1.22. The molecule has 2 unspecified atom stereocenters. The maximum absolute atomic E-state index is 12.8. The number of hydrogen-bond acceptors (Lipinski definition) is 5. The largest absolute Gasteiger partial charge is 0.454 e. The van der Waals surface area contributed by atoms with Gasteiger partial charge in [0.15, 0.2) is 11.5 Å². The van der Waals surface area contributed by atoms with Gasteiger partial charge in [-0.3, -0.25) is 14.5 Å². The summed E-state index contributed by atoms with van der Waals surface area (Å²) >= 11 is 0. The third-order valence-electron chi connectivity index (χ3n) is 5.78. The van der Waals surface area contributed by atoms with Crippen LogP contribution in [0.2, 0.25) is 0 Å². The molecule has 0 radical (unpaired) electrons. The van der Waals surface area contributed by atoms with Crippen LogP contribution in [0, 0.1) is 0 Å². The minimum atomic E-state index is -0.708. The lowest BCUT2D eigenvalue weighted by molar-refractivity contribution is -0.132. The molecule has 0 bridgehead atoms. The predicted octanol–water partition coefficient (Wildman–Crippen LogP) is 2.24. The van der Waals surface area contributed by atoms with Gasteiger partial charge in [-0.05, 0) is 36.2 Å². The van der Waals surface area contributed by atoms with E-state index in [0.29, 0.717) is 17.9 Å². The summed E-state index contributed by atoms with van der Waals surface area (Å²) in [5.74, 6) is 0.447. The van der Waals surface area contributed by atoms with Crippen LogP contribution in [0.3, 0.4) is 0 Å². The highest BCUT2D eigenvalue weighted by atomic mass is 16.7. The molecule has 2 aliphatic heterocycles. The molecule has 2 atom stereocenters. The second-order valence-corrected chi connectivity index (χ2v) is 7.89. The number of urea groups is 1. The van der Waals surface area contributed by atoms with Gasteiger partial charge in [-0.2, -0.15) is 0 Å². The molecule has 5 rings (SSSR count). The van der Waals surface area contributed by atoms with Crippen molar-refractivity contribution in [2.75, 3.05) is 13.3 Å². The van der Waals surface area contributed by atoms with Crippen LogP contribution in [-0.2, 0) is 16.0 Å². The molecule has 0 aliphatic carbocycles. The van der Waals surface area contributed by atoms with E-state index in [9.17, 15) is 14.4 Å². The number of aromatic amines is 1. The van der Waals surface area contributed by atoms with Gasteiger partial charge in [0.2, 0.25) is 12.7 Å². The van der Waals surface area contributed by atoms with Crippen LogP contribution in [0.15, 0.2) is 48.7 Å². The number of carbonyl (C=O) groups is 3. The smallest absolute Gasteiger partial charge is 0.325 e. The van der Waals surface area contributed by atoms with E-state index in [2.05, 4.69) is 15.6 Å². The molecule has 3 N–H and O–H groups in total. The van der Waals surface area contributed by atoms with E-state index in [1.54, 1.807) is 12.1 Å². The zero-order valence-electron chi connectivity index (χ0n) is 17.4. The van der Waals surface area contributed by atoms with Crippen molar-refractivity contribution >= 4 is 28.7 Å². The van der Waals surface area contributed by atoms with Gasteiger partial charge in [-0.1, -0.05) is 24.3 Å². The topological polar surface area (TPSA) is 113 Å². The van der Waals surface area contributed by atoms with Gasteiger partial charge in [0, 0.05) is 23.5 Å². The minimum Gasteiger partial charge on any atom is -0.454 e. The average Bonchev–Trinajstić information content (AvgIpc) is 3.48. The fourth-order valence-corrected chi connectivity index (χ4v) is 4.08. The van der Waals surface area contributed by atoms with E-state index in [-0.39, 0.29) is 19.4 Å². The Hall–Kier alpha value is -4.01. The summed E-state index contributed by atoms with van der Waals surface area (Å²) in [6.07, 6.45) is 2.19. The molecule has 1 saturated heterocycles. The Morgan fingerprint density at radius 2 is 2.00 bits per heavy atom. The first-order valence-electron chi connectivity index (χ1n) is 10.4. The molecule has 1 aromatic heterocycles. The Kier molecular flexibility index (Phi) is 4.93. The van der Waals surface area contributed by atoms with Gasteiger partial charge in [0.05, 0.1) is 6.04 Å². The number of nitrogens with zero attached hydrogens (tertiary/aromatic N) is 1. The second kappa shape index (κ2) is 7.92. The molecule has 2 aromatic carbocycles. The van der Waals surface area contributed by atoms with Crippen molar-refractivity contribution in [2.24, 2.45) is 0 Å². The molecule has 3 heterocycles. The Morgan fingerprint density at radius 1 is 1.19 bits per heavy atom. The average molecular weight is 434 g/mol. The Morgan fingerprint density at radius 3 is 2.88 bits per heavy atom. The number of ether oxygens (including phenoxy) is 2. The van der Waals surface area contributed by atoms with Crippen molar-refractivity contribution in [1.29, 1.82) is 0 Å². The summed E-state index contributed by atoms with van der Waals surface area (Å²) < 4.78 is 10.7. The SMILES string of the molecule is CC(NC(=O)CN1C(=O)NC(Cc2c[nH]c3ccccc23)C1=O)c1ccc2c(c1)OCO2. The molecule has 164 valence electrons. The summed E-state index contributed by atoms with van der Waals surface area (Å²) in [6.45, 7) is 1.65. The summed E-state index contributed by atoms with van der Waals surface area (Å²) in [6, 6.07) is 11.6. The van der Waals surface area contributed by atoms with Crippen LogP contribution >= 0.6 is 0 Å². The van der Waals surface area contributed by atoms with E-state index < -0.39 is 23.9 Å². The molecular weight excluding hydrogens is 412 g/mol. The van der Waals surface area contributed by atoms with Crippen molar-refractivity contribution in [1.82, 2.24) is 20.5 Å². The fourth-order valence-electron chi connectivity index (χ4n) is 4.08. The molecule has 0 saturated carbocycles. The van der Waals surface area contributed by atoms with Crippen LogP contribution in [0.1, 0.15) is 24.1 Å². The third-order valence-corrected chi connectivity index (χ3v) is 5.78. The van der Waals surface area contributed by atoms with Gasteiger partial charge >= 0.3 is 6.03 Å². The third kappa shape index (κ3) is 3.62. The number of amides is 4. The van der Waals surface area contributed by atoms with Gasteiger partial charge in [0.25, 0.3) is 5.91 Å². The monoisotopic (exact) mass is 434 g/mol. The van der Waals surface area contributed by atoms with Gasteiger partial charge < -0.3 is 25.1 Å². The van der Waals surface area contributed by atoms with E-state index >= 15 is 0 Å². The van der Waals surface area contributed by atoms with Crippen molar-refractivity contribution in [2.45, 2.75) is 25.4 Å². The number of imide groups is 1. The highest BCUT2D eigenvalue weighted by Gasteiger charge is 2.39. The number of fused-ring (bicyclic) bond motifs is 2. The number of para-hydroxylation sites is 1. The van der Waals surface area contributed by atoms with E-state index in [1.165, 1.54) is 0 Å².